The maximum Gasteiger partial charge on any atom is 0.0418 e. The van der Waals surface area contributed by atoms with Crippen molar-refractivity contribution in [2.24, 2.45) is 0 Å². The van der Waals surface area contributed by atoms with Crippen LogP contribution >= 0.6 is 8.58 Å². The van der Waals surface area contributed by atoms with Crippen molar-refractivity contribution >= 4 is 8.58 Å². The van der Waals surface area contributed by atoms with Gasteiger partial charge in [0.25, 0.3) is 0 Å². The van der Waals surface area contributed by atoms with Gasteiger partial charge in [-0.25, -0.2) is 0 Å². The minimum Gasteiger partial charge on any atom is -0.376 e. The van der Waals surface area contributed by atoms with Crippen LogP contribution in [0.1, 0.15) is 13.8 Å². The topological polar surface area (TPSA) is 15.3 Å². The highest BCUT2D eigenvalue weighted by Gasteiger charge is 2.10. The number of rotatable bonds is 3. The maximum absolute atomic E-state index is 3.53. The Labute approximate surface area is 77.2 Å². The zero-order valence-corrected chi connectivity index (χ0v) is 9.01. The van der Waals surface area contributed by atoms with Crippen LogP contribution in [0.5, 0.6) is 0 Å². The van der Waals surface area contributed by atoms with E-state index >= 15 is 0 Å². The molecular weight excluding hydrogens is 167 g/mol. The molecule has 1 rings (SSSR count). The minimum atomic E-state index is 0.713. The first-order valence-corrected chi connectivity index (χ1v) is 6.02. The van der Waals surface area contributed by atoms with Gasteiger partial charge in [-0.1, -0.05) is 13.0 Å². The highest BCUT2D eigenvalue weighted by atomic mass is 31.1. The molecule has 12 heavy (non-hydrogen) atoms. The summed E-state index contributed by atoms with van der Waals surface area (Å²) in [6.07, 6.45) is 5.73. The number of hydrogen-bond acceptors (Lipinski definition) is 2. The van der Waals surface area contributed by atoms with E-state index in [0.29, 0.717) is 5.78 Å². The Kier molecular flexibility index (Phi) is 4.63. The van der Waals surface area contributed by atoms with Crippen molar-refractivity contribution in [1.82, 2.24) is 10.2 Å². The van der Waals surface area contributed by atoms with Crippen molar-refractivity contribution in [3.05, 3.63) is 12.3 Å². The molecule has 0 saturated heterocycles. The molecule has 0 amide bonds. The number of hydrogen-bond donors (Lipinski definition) is 1. The lowest BCUT2D eigenvalue weighted by atomic mass is 10.5. The largest absolute Gasteiger partial charge is 0.376 e. The van der Waals surface area contributed by atoms with Crippen LogP contribution in [0.25, 0.3) is 0 Å². The summed E-state index contributed by atoms with van der Waals surface area (Å²) in [6, 6.07) is 0. The first kappa shape index (κ1) is 10.0. The lowest BCUT2D eigenvalue weighted by molar-refractivity contribution is 0.389. The van der Waals surface area contributed by atoms with E-state index < -0.39 is 0 Å². The van der Waals surface area contributed by atoms with Crippen molar-refractivity contribution in [3.8, 4) is 0 Å². The van der Waals surface area contributed by atoms with Gasteiger partial charge < -0.3 is 10.2 Å². The smallest absolute Gasteiger partial charge is 0.0418 e. The van der Waals surface area contributed by atoms with Crippen molar-refractivity contribution in [3.63, 3.8) is 0 Å². The van der Waals surface area contributed by atoms with Gasteiger partial charge in [-0.3, -0.25) is 0 Å². The van der Waals surface area contributed by atoms with E-state index in [1.54, 1.807) is 0 Å². The molecule has 0 saturated carbocycles. The molecule has 1 N–H and O–H groups in total. The van der Waals surface area contributed by atoms with Crippen LogP contribution in [0.15, 0.2) is 12.3 Å². The minimum absolute atomic E-state index is 0.713. The molecule has 2 atom stereocenters. The second-order valence-corrected chi connectivity index (χ2v) is 4.80. The summed E-state index contributed by atoms with van der Waals surface area (Å²) in [7, 11) is 1.06. The summed E-state index contributed by atoms with van der Waals surface area (Å²) < 4.78 is 0. The Morgan fingerprint density at radius 3 is 3.08 bits per heavy atom. The molecule has 1 aliphatic rings. The molecule has 0 bridgehead atoms. The van der Waals surface area contributed by atoms with E-state index in [2.05, 4.69) is 36.3 Å². The fourth-order valence-corrected chi connectivity index (χ4v) is 2.51. The summed E-state index contributed by atoms with van der Waals surface area (Å²) in [6.45, 7) is 7.81. The fraction of sp³-hybridized carbons (Fsp3) is 0.778. The standard InChI is InChI=1S/C9H19N2P/c1-3-11-7-5-6-10-9(8-11)12-4-2/h5,7,9-10,12H,3-4,6,8H2,1-2H3. The quantitative estimate of drug-likeness (QED) is 0.671. The second kappa shape index (κ2) is 5.55. The molecule has 1 heterocycles. The maximum atomic E-state index is 3.53. The molecule has 0 radical (unpaired) electrons. The highest BCUT2D eigenvalue weighted by Crippen LogP contribution is 2.17. The monoisotopic (exact) mass is 186 g/mol. The molecule has 0 fully saturated rings. The lowest BCUT2D eigenvalue weighted by Gasteiger charge is -2.22. The average Bonchev–Trinajstić information content (AvgIpc) is 2.30. The first-order valence-electron chi connectivity index (χ1n) is 4.74. The summed E-state index contributed by atoms with van der Waals surface area (Å²) >= 11 is 0. The van der Waals surface area contributed by atoms with Crippen LogP contribution in [-0.2, 0) is 0 Å². The molecule has 3 heteroatoms. The van der Waals surface area contributed by atoms with Crippen LogP contribution in [0.3, 0.4) is 0 Å². The highest BCUT2D eigenvalue weighted by molar-refractivity contribution is 7.38. The fourth-order valence-electron chi connectivity index (χ4n) is 1.39. The molecule has 2 unspecified atom stereocenters. The van der Waals surface area contributed by atoms with Crippen molar-refractivity contribution in [2.45, 2.75) is 19.6 Å². The lowest BCUT2D eigenvalue weighted by Crippen LogP contribution is -2.33. The SMILES string of the molecule is CCPC1CN(CC)C=CCN1. The van der Waals surface area contributed by atoms with Crippen LogP contribution in [0, 0.1) is 0 Å². The third-order valence-corrected chi connectivity index (χ3v) is 3.36. The Balaban J connectivity index is 2.37. The molecule has 0 aromatic rings. The Morgan fingerprint density at radius 1 is 1.58 bits per heavy atom. The molecule has 0 spiro atoms. The van der Waals surface area contributed by atoms with Gasteiger partial charge in [-0.15, -0.1) is 8.58 Å². The summed E-state index contributed by atoms with van der Waals surface area (Å²) in [5, 5.41) is 3.53. The van der Waals surface area contributed by atoms with Crippen LogP contribution in [-0.4, -0.2) is 36.5 Å². The summed E-state index contributed by atoms with van der Waals surface area (Å²) in [5.74, 6) is 0.713. The zero-order chi connectivity index (χ0) is 8.81. The summed E-state index contributed by atoms with van der Waals surface area (Å²) in [4.78, 5) is 2.38. The molecule has 70 valence electrons. The first-order chi connectivity index (χ1) is 5.86. The zero-order valence-electron chi connectivity index (χ0n) is 8.01. The molecule has 0 aromatic heterocycles. The van der Waals surface area contributed by atoms with E-state index in [9.17, 15) is 0 Å². The van der Waals surface area contributed by atoms with Gasteiger partial charge >= 0.3 is 0 Å². The third-order valence-electron chi connectivity index (χ3n) is 2.07. The van der Waals surface area contributed by atoms with Crippen molar-refractivity contribution < 1.29 is 0 Å². The molecule has 2 nitrogen and oxygen atoms in total. The van der Waals surface area contributed by atoms with E-state index in [0.717, 1.165) is 21.7 Å². The van der Waals surface area contributed by atoms with Gasteiger partial charge in [0.2, 0.25) is 0 Å². The van der Waals surface area contributed by atoms with Gasteiger partial charge in [0, 0.05) is 25.4 Å². The summed E-state index contributed by atoms with van der Waals surface area (Å²) in [5.41, 5.74) is 0. The van der Waals surface area contributed by atoms with Gasteiger partial charge in [0.05, 0.1) is 0 Å². The molecular formula is C9H19N2P. The van der Waals surface area contributed by atoms with E-state index in [1.165, 1.54) is 12.7 Å². The number of nitrogens with zero attached hydrogens (tertiary/aromatic N) is 1. The van der Waals surface area contributed by atoms with E-state index in [-0.39, 0.29) is 0 Å². The van der Waals surface area contributed by atoms with E-state index in [4.69, 9.17) is 0 Å². The predicted octanol–water partition coefficient (Wildman–Crippen LogP) is 1.45. The van der Waals surface area contributed by atoms with E-state index in [1.807, 2.05) is 0 Å². The normalized spacial score (nSPS) is 25.2. The van der Waals surface area contributed by atoms with Gasteiger partial charge in [0.15, 0.2) is 0 Å². The van der Waals surface area contributed by atoms with Gasteiger partial charge in [0.1, 0.15) is 0 Å². The third kappa shape index (κ3) is 3.12. The average molecular weight is 186 g/mol. The Hall–Kier alpha value is -0.0700. The number of nitrogens with one attached hydrogen (secondary N) is 1. The Morgan fingerprint density at radius 2 is 2.42 bits per heavy atom. The van der Waals surface area contributed by atoms with Gasteiger partial charge in [-0.05, 0) is 19.3 Å². The van der Waals surface area contributed by atoms with Crippen molar-refractivity contribution in [1.29, 1.82) is 0 Å². The van der Waals surface area contributed by atoms with Crippen LogP contribution in [0.4, 0.5) is 0 Å². The predicted molar refractivity (Wildman–Crippen MR) is 57.0 cm³/mol. The Bertz CT molecular complexity index is 147. The van der Waals surface area contributed by atoms with Crippen LogP contribution in [0.2, 0.25) is 0 Å². The van der Waals surface area contributed by atoms with Crippen molar-refractivity contribution in [2.75, 3.05) is 25.8 Å². The second-order valence-electron chi connectivity index (χ2n) is 2.99. The molecule has 1 aliphatic heterocycles. The molecule has 0 aliphatic carbocycles. The number of likely N-dealkylation sites (N-methyl/N-ethyl adjacent to an activating group) is 1. The van der Waals surface area contributed by atoms with Gasteiger partial charge in [-0.2, -0.15) is 0 Å². The molecule has 0 aromatic carbocycles. The van der Waals surface area contributed by atoms with Crippen LogP contribution < -0.4 is 5.32 Å².